The van der Waals surface area contributed by atoms with Crippen molar-refractivity contribution in [2.45, 2.75) is 30.6 Å². The maximum atomic E-state index is 13.8. The molecule has 1 spiro atoms. The van der Waals surface area contributed by atoms with Crippen LogP contribution in [0.5, 0.6) is 0 Å². The Bertz CT molecular complexity index is 740. The lowest BCUT2D eigenvalue weighted by Crippen LogP contribution is -2.57. The minimum Gasteiger partial charge on any atom is -0.481 e. The van der Waals surface area contributed by atoms with E-state index in [0.29, 0.717) is 45.7 Å². The van der Waals surface area contributed by atoms with Crippen LogP contribution in [0.2, 0.25) is 0 Å². The van der Waals surface area contributed by atoms with E-state index in [1.807, 2.05) is 0 Å². The first kappa shape index (κ1) is 22.2. The number of β-amino-alcohol motifs (C(OH)–C–C–N with tert-alkyl or cyclic N) is 1. The minimum atomic E-state index is -1.14. The molecule has 4 rings (SSSR count). The number of aliphatic hydroxyl groups excluding tert-OH is 1. The van der Waals surface area contributed by atoms with E-state index in [2.05, 4.69) is 11.5 Å². The maximum absolute atomic E-state index is 13.8. The molecule has 0 aromatic rings. The highest BCUT2D eigenvalue weighted by atomic mass is 16.5. The number of fused-ring (bicyclic) bond motifs is 1. The van der Waals surface area contributed by atoms with Crippen LogP contribution < -0.4 is 0 Å². The van der Waals surface area contributed by atoms with E-state index in [9.17, 15) is 24.6 Å². The van der Waals surface area contributed by atoms with Gasteiger partial charge < -0.3 is 29.5 Å². The summed E-state index contributed by atoms with van der Waals surface area (Å²) in [5.74, 6) is -3.61. The average molecular weight is 437 g/mol. The summed E-state index contributed by atoms with van der Waals surface area (Å²) in [5.41, 5.74) is -1.14. The van der Waals surface area contributed by atoms with Crippen LogP contribution in [0.25, 0.3) is 0 Å². The number of carboxylic acid groups (broad SMARTS) is 1. The van der Waals surface area contributed by atoms with Crippen LogP contribution in [0.3, 0.4) is 0 Å². The van der Waals surface area contributed by atoms with Crippen LogP contribution in [-0.2, 0) is 23.9 Å². The fourth-order valence-electron chi connectivity index (χ4n) is 5.77. The second-order valence-electron chi connectivity index (χ2n) is 8.68. The molecule has 4 aliphatic rings. The number of morpholine rings is 1. The molecule has 0 aromatic carbocycles. The van der Waals surface area contributed by atoms with E-state index in [-0.39, 0.29) is 19.1 Å². The highest BCUT2D eigenvalue weighted by Crippen LogP contribution is 2.58. The molecular weight excluding hydrogens is 406 g/mol. The standard InChI is InChI=1S/C21H31N3O7/c1-2-5-23(7-6-22-9-12-30-13-10-22)19(27)17-21-4-3-14(31-21)15(20(28)29)16(21)18(26)24(17)8-11-25/h2,14-17,25H,1,3-13H2,(H,28,29)/t14-,15+,16+,17?,21?/m1/s1. The molecule has 10 nitrogen and oxygen atoms in total. The molecule has 31 heavy (non-hydrogen) atoms. The largest absolute Gasteiger partial charge is 0.481 e. The molecule has 2 unspecified atom stereocenters. The summed E-state index contributed by atoms with van der Waals surface area (Å²) in [6, 6.07) is -0.934. The van der Waals surface area contributed by atoms with Crippen molar-refractivity contribution in [3.8, 4) is 0 Å². The van der Waals surface area contributed by atoms with Crippen molar-refractivity contribution in [3.63, 3.8) is 0 Å². The number of carboxylic acids is 1. The summed E-state index contributed by atoms with van der Waals surface area (Å²) in [7, 11) is 0. The van der Waals surface area contributed by atoms with Gasteiger partial charge in [0, 0.05) is 39.3 Å². The molecule has 2 N–H and O–H groups in total. The van der Waals surface area contributed by atoms with Gasteiger partial charge in [-0.2, -0.15) is 0 Å². The van der Waals surface area contributed by atoms with Crippen molar-refractivity contribution < 1.29 is 34.1 Å². The number of ether oxygens (including phenoxy) is 2. The number of hydrogen-bond donors (Lipinski definition) is 2. The summed E-state index contributed by atoms with van der Waals surface area (Å²) in [4.78, 5) is 44.1. The minimum absolute atomic E-state index is 0.0285. The van der Waals surface area contributed by atoms with Gasteiger partial charge in [-0.25, -0.2) is 0 Å². The summed E-state index contributed by atoms with van der Waals surface area (Å²) >= 11 is 0. The van der Waals surface area contributed by atoms with E-state index in [4.69, 9.17) is 9.47 Å². The Kier molecular flexibility index (Phi) is 6.34. The number of aliphatic carboxylic acids is 1. The van der Waals surface area contributed by atoms with Gasteiger partial charge in [0.25, 0.3) is 0 Å². The number of nitrogens with zero attached hydrogens (tertiary/aromatic N) is 3. The van der Waals surface area contributed by atoms with Crippen LogP contribution in [0, 0.1) is 11.8 Å². The van der Waals surface area contributed by atoms with Gasteiger partial charge in [-0.05, 0) is 12.8 Å². The fraction of sp³-hybridized carbons (Fsp3) is 0.762. The molecule has 4 fully saturated rings. The Morgan fingerprint density at radius 1 is 1.29 bits per heavy atom. The van der Waals surface area contributed by atoms with Gasteiger partial charge in [0.05, 0.1) is 37.8 Å². The van der Waals surface area contributed by atoms with Crippen molar-refractivity contribution in [2.24, 2.45) is 11.8 Å². The predicted molar refractivity (Wildman–Crippen MR) is 108 cm³/mol. The zero-order chi connectivity index (χ0) is 22.2. The van der Waals surface area contributed by atoms with Crippen LogP contribution >= 0.6 is 0 Å². The molecule has 0 aliphatic carbocycles. The van der Waals surface area contributed by atoms with Crippen LogP contribution in [0.15, 0.2) is 12.7 Å². The zero-order valence-corrected chi connectivity index (χ0v) is 17.6. The Labute approximate surface area is 181 Å². The third-order valence-electron chi connectivity index (χ3n) is 7.11. The van der Waals surface area contributed by atoms with Gasteiger partial charge in [0.2, 0.25) is 11.8 Å². The maximum Gasteiger partial charge on any atom is 0.310 e. The molecule has 4 saturated heterocycles. The lowest BCUT2D eigenvalue weighted by Gasteiger charge is -2.37. The van der Waals surface area contributed by atoms with Crippen molar-refractivity contribution in [2.75, 3.05) is 59.1 Å². The number of aliphatic hydroxyl groups is 1. The summed E-state index contributed by atoms with van der Waals surface area (Å²) in [6.45, 7) is 7.77. The molecule has 10 heteroatoms. The van der Waals surface area contributed by atoms with Gasteiger partial charge >= 0.3 is 5.97 Å². The Balaban J connectivity index is 1.59. The second-order valence-corrected chi connectivity index (χ2v) is 8.68. The summed E-state index contributed by atoms with van der Waals surface area (Å²) in [5, 5.41) is 19.3. The van der Waals surface area contributed by atoms with Crippen molar-refractivity contribution >= 4 is 17.8 Å². The number of hydrogen-bond acceptors (Lipinski definition) is 7. The van der Waals surface area contributed by atoms with E-state index in [0.717, 1.165) is 13.1 Å². The number of amides is 2. The molecule has 0 radical (unpaired) electrons. The highest BCUT2D eigenvalue weighted by Gasteiger charge is 2.74. The summed E-state index contributed by atoms with van der Waals surface area (Å²) in [6.07, 6.45) is 2.06. The molecule has 0 aromatic heterocycles. The molecule has 5 atom stereocenters. The Hall–Kier alpha value is -2.01. The molecule has 4 heterocycles. The van der Waals surface area contributed by atoms with E-state index < -0.39 is 41.5 Å². The van der Waals surface area contributed by atoms with Crippen LogP contribution in [0.4, 0.5) is 0 Å². The number of rotatable bonds is 9. The molecule has 0 saturated carbocycles. The molecular formula is C21H31N3O7. The van der Waals surface area contributed by atoms with Crippen LogP contribution in [0.1, 0.15) is 12.8 Å². The normalized spacial score (nSPS) is 34.7. The second kappa shape index (κ2) is 8.85. The quantitative estimate of drug-likeness (QED) is 0.431. The molecule has 172 valence electrons. The van der Waals surface area contributed by atoms with Crippen molar-refractivity contribution in [1.82, 2.24) is 14.7 Å². The average Bonchev–Trinajstić information content (AvgIpc) is 3.39. The monoisotopic (exact) mass is 437 g/mol. The summed E-state index contributed by atoms with van der Waals surface area (Å²) < 4.78 is 11.5. The van der Waals surface area contributed by atoms with Gasteiger partial charge in [-0.3, -0.25) is 19.3 Å². The lowest BCUT2D eigenvalue weighted by atomic mass is 9.70. The molecule has 4 aliphatic heterocycles. The number of likely N-dealkylation sites (tertiary alicyclic amines) is 1. The Morgan fingerprint density at radius 3 is 2.68 bits per heavy atom. The topological polar surface area (TPSA) is 120 Å². The van der Waals surface area contributed by atoms with Crippen molar-refractivity contribution in [3.05, 3.63) is 12.7 Å². The highest BCUT2D eigenvalue weighted by molar-refractivity contribution is 5.98. The van der Waals surface area contributed by atoms with E-state index in [1.54, 1.807) is 11.0 Å². The number of carbonyl (C=O) groups is 3. The third kappa shape index (κ3) is 3.65. The molecule has 2 amide bonds. The third-order valence-corrected chi connectivity index (χ3v) is 7.11. The van der Waals surface area contributed by atoms with Gasteiger partial charge in [-0.1, -0.05) is 6.08 Å². The van der Waals surface area contributed by atoms with Crippen LogP contribution in [-0.4, -0.2) is 120 Å². The lowest BCUT2D eigenvalue weighted by molar-refractivity contribution is -0.151. The van der Waals surface area contributed by atoms with Gasteiger partial charge in [0.15, 0.2) is 0 Å². The SMILES string of the molecule is C=CCN(CCN1CCOCC1)C(=O)C1N(CCO)C(=O)[C@@H]2[C@@H](C(=O)O)[C@H]3CCC12O3. The predicted octanol–water partition coefficient (Wildman–Crippen LogP) is -1.22. The zero-order valence-electron chi connectivity index (χ0n) is 17.6. The van der Waals surface area contributed by atoms with E-state index >= 15 is 0 Å². The molecule has 2 bridgehead atoms. The van der Waals surface area contributed by atoms with Gasteiger partial charge in [-0.15, -0.1) is 6.58 Å². The smallest absolute Gasteiger partial charge is 0.310 e. The first-order valence-corrected chi connectivity index (χ1v) is 11.0. The van der Waals surface area contributed by atoms with Gasteiger partial charge in [0.1, 0.15) is 11.6 Å². The first-order chi connectivity index (χ1) is 14.9. The van der Waals surface area contributed by atoms with E-state index in [1.165, 1.54) is 4.90 Å². The number of carbonyl (C=O) groups excluding carboxylic acids is 2. The van der Waals surface area contributed by atoms with Crippen molar-refractivity contribution in [1.29, 1.82) is 0 Å². The fourth-order valence-corrected chi connectivity index (χ4v) is 5.77. The Morgan fingerprint density at radius 2 is 2.03 bits per heavy atom. The first-order valence-electron chi connectivity index (χ1n) is 11.0.